The van der Waals surface area contributed by atoms with Crippen LogP contribution in [0.3, 0.4) is 0 Å². The van der Waals surface area contributed by atoms with Gasteiger partial charge in [0.25, 0.3) is 11.5 Å². The van der Waals surface area contributed by atoms with Gasteiger partial charge in [-0.2, -0.15) is 0 Å². The van der Waals surface area contributed by atoms with E-state index in [2.05, 4.69) is 20.9 Å². The third-order valence-electron chi connectivity index (χ3n) is 4.41. The van der Waals surface area contributed by atoms with E-state index < -0.39 is 17.5 Å². The van der Waals surface area contributed by atoms with Crippen LogP contribution in [0.25, 0.3) is 10.9 Å². The number of aromatic nitrogens is 1. The van der Waals surface area contributed by atoms with Gasteiger partial charge in [-0.15, -0.1) is 0 Å². The van der Waals surface area contributed by atoms with Crippen molar-refractivity contribution in [2.45, 2.75) is 0 Å². The number of fused-ring (bicyclic) bond motifs is 1. The quantitative estimate of drug-likeness (QED) is 0.409. The summed E-state index contributed by atoms with van der Waals surface area (Å²) < 4.78 is 0. The summed E-state index contributed by atoms with van der Waals surface area (Å²) in [5.41, 5.74) is 1.81. The summed E-state index contributed by atoms with van der Waals surface area (Å²) >= 11 is 0. The Morgan fingerprint density at radius 2 is 1.30 bits per heavy atom. The van der Waals surface area contributed by atoms with Crippen LogP contribution in [0.5, 0.6) is 0 Å². The number of H-pyrrole nitrogens is 1. The van der Waals surface area contributed by atoms with Crippen molar-refractivity contribution in [2.24, 2.45) is 0 Å². The van der Waals surface area contributed by atoms with Crippen LogP contribution in [0.4, 0.5) is 21.9 Å². The summed E-state index contributed by atoms with van der Waals surface area (Å²) in [6, 6.07) is 24.1. The van der Waals surface area contributed by atoms with Gasteiger partial charge in [-0.1, -0.05) is 42.5 Å². The third-order valence-corrected chi connectivity index (χ3v) is 4.41. The van der Waals surface area contributed by atoms with Crippen LogP contribution in [-0.2, 0) is 0 Å². The number of amides is 3. The molecule has 0 radical (unpaired) electrons. The van der Waals surface area contributed by atoms with Crippen molar-refractivity contribution in [1.82, 2.24) is 4.98 Å². The lowest BCUT2D eigenvalue weighted by Gasteiger charge is -2.10. The number of nitrogens with one attached hydrogen (secondary N) is 4. The molecule has 0 fully saturated rings. The lowest BCUT2D eigenvalue weighted by molar-refractivity contribution is 0.102. The highest BCUT2D eigenvalue weighted by atomic mass is 16.2. The van der Waals surface area contributed by atoms with Crippen molar-refractivity contribution in [1.29, 1.82) is 0 Å². The van der Waals surface area contributed by atoms with Crippen molar-refractivity contribution < 1.29 is 9.59 Å². The maximum atomic E-state index is 12.6. The van der Waals surface area contributed by atoms with Gasteiger partial charge in [-0.25, -0.2) is 4.79 Å². The number of para-hydroxylation sites is 2. The molecule has 148 valence electrons. The Hall–Kier alpha value is -4.39. The van der Waals surface area contributed by atoms with Gasteiger partial charge in [0.2, 0.25) is 0 Å². The third kappa shape index (κ3) is 4.36. The molecule has 3 aromatic carbocycles. The fourth-order valence-corrected chi connectivity index (χ4v) is 3.00. The highest BCUT2D eigenvalue weighted by Gasteiger charge is 2.12. The first-order valence-corrected chi connectivity index (χ1v) is 9.25. The molecule has 0 spiro atoms. The van der Waals surface area contributed by atoms with E-state index in [1.165, 1.54) is 0 Å². The number of urea groups is 1. The molecule has 0 saturated carbocycles. The molecule has 0 aliphatic heterocycles. The van der Waals surface area contributed by atoms with Crippen molar-refractivity contribution >= 4 is 39.9 Å². The van der Waals surface area contributed by atoms with E-state index in [0.29, 0.717) is 22.6 Å². The molecule has 4 rings (SSSR count). The first-order chi connectivity index (χ1) is 14.6. The number of anilines is 3. The lowest BCUT2D eigenvalue weighted by atomic mass is 10.1. The SMILES string of the molecule is O=C(Nc1ccccc1)Nc1cccc(NC(=O)c2cc3ccccc3[nH]c2=O)c1. The zero-order chi connectivity index (χ0) is 20.9. The topological polar surface area (TPSA) is 103 Å². The molecule has 0 bridgehead atoms. The van der Waals surface area contributed by atoms with E-state index in [-0.39, 0.29) is 5.56 Å². The van der Waals surface area contributed by atoms with E-state index in [0.717, 1.165) is 5.39 Å². The molecule has 1 heterocycles. The summed E-state index contributed by atoms with van der Waals surface area (Å²) in [6.07, 6.45) is 0. The van der Waals surface area contributed by atoms with Crippen LogP contribution in [0, 0.1) is 0 Å². The average molecular weight is 398 g/mol. The number of hydrogen-bond donors (Lipinski definition) is 4. The maximum absolute atomic E-state index is 12.6. The van der Waals surface area contributed by atoms with Crippen LogP contribution < -0.4 is 21.5 Å². The molecule has 0 saturated heterocycles. The van der Waals surface area contributed by atoms with E-state index in [1.54, 1.807) is 48.5 Å². The Morgan fingerprint density at radius 1 is 0.667 bits per heavy atom. The molecule has 4 N–H and O–H groups in total. The highest BCUT2D eigenvalue weighted by molar-refractivity contribution is 6.06. The molecule has 30 heavy (non-hydrogen) atoms. The second-order valence-corrected chi connectivity index (χ2v) is 6.58. The predicted molar refractivity (Wildman–Crippen MR) is 118 cm³/mol. The number of rotatable bonds is 4. The number of carbonyl (C=O) groups is 2. The molecule has 4 aromatic rings. The molecule has 3 amide bonds. The molecule has 0 atom stereocenters. The van der Waals surface area contributed by atoms with E-state index in [1.807, 2.05) is 36.4 Å². The van der Waals surface area contributed by atoms with Crippen molar-refractivity contribution in [2.75, 3.05) is 16.0 Å². The Labute approximate surface area is 171 Å². The highest BCUT2D eigenvalue weighted by Crippen LogP contribution is 2.17. The van der Waals surface area contributed by atoms with Gasteiger partial charge in [-0.3, -0.25) is 9.59 Å². The van der Waals surface area contributed by atoms with Crippen molar-refractivity contribution in [3.05, 3.63) is 101 Å². The standard InChI is InChI=1S/C23H18N4O3/c28-21(19-13-15-7-4-5-12-20(15)27-22(19)29)24-17-10-6-11-18(14-17)26-23(30)25-16-8-2-1-3-9-16/h1-14H,(H,24,28)(H,27,29)(H2,25,26,30). The molecular formula is C23H18N4O3. The first kappa shape index (κ1) is 18.9. The number of pyridine rings is 1. The Kier molecular flexibility index (Phi) is 5.25. The van der Waals surface area contributed by atoms with E-state index >= 15 is 0 Å². The van der Waals surface area contributed by atoms with Gasteiger partial charge in [0.1, 0.15) is 5.56 Å². The van der Waals surface area contributed by atoms with Crippen LogP contribution in [0.2, 0.25) is 0 Å². The minimum Gasteiger partial charge on any atom is -0.322 e. The van der Waals surface area contributed by atoms with Crippen LogP contribution in [-0.4, -0.2) is 16.9 Å². The number of aromatic amines is 1. The molecule has 0 aliphatic carbocycles. The minimum atomic E-state index is -0.534. The van der Waals surface area contributed by atoms with Crippen LogP contribution in [0.15, 0.2) is 89.7 Å². The second-order valence-electron chi connectivity index (χ2n) is 6.58. The zero-order valence-corrected chi connectivity index (χ0v) is 15.8. The normalized spacial score (nSPS) is 10.4. The number of carbonyl (C=O) groups excluding carboxylic acids is 2. The monoisotopic (exact) mass is 398 g/mol. The van der Waals surface area contributed by atoms with Crippen molar-refractivity contribution in [3.63, 3.8) is 0 Å². The Balaban J connectivity index is 1.48. The summed E-state index contributed by atoms with van der Waals surface area (Å²) in [5, 5.41) is 8.88. The van der Waals surface area contributed by atoms with Crippen molar-refractivity contribution in [3.8, 4) is 0 Å². The first-order valence-electron chi connectivity index (χ1n) is 9.25. The smallest absolute Gasteiger partial charge is 0.322 e. The molecule has 0 aliphatic rings. The number of hydrogen-bond acceptors (Lipinski definition) is 3. The Morgan fingerprint density at radius 3 is 2.10 bits per heavy atom. The fraction of sp³-hybridized carbons (Fsp3) is 0. The van der Waals surface area contributed by atoms with Gasteiger partial charge >= 0.3 is 6.03 Å². The van der Waals surface area contributed by atoms with Crippen LogP contribution in [0.1, 0.15) is 10.4 Å². The molecule has 7 nitrogen and oxygen atoms in total. The Bertz CT molecular complexity index is 1280. The van der Waals surface area contributed by atoms with Gasteiger partial charge in [0.15, 0.2) is 0 Å². The summed E-state index contributed by atoms with van der Waals surface area (Å²) in [4.78, 5) is 39.7. The number of benzene rings is 3. The van der Waals surface area contributed by atoms with Gasteiger partial charge < -0.3 is 20.9 Å². The second kappa shape index (κ2) is 8.32. The largest absolute Gasteiger partial charge is 0.323 e. The zero-order valence-electron chi connectivity index (χ0n) is 15.8. The summed E-state index contributed by atoms with van der Waals surface area (Å²) in [6.45, 7) is 0. The summed E-state index contributed by atoms with van der Waals surface area (Å²) in [5.74, 6) is -0.534. The van der Waals surface area contributed by atoms with Gasteiger partial charge in [-0.05, 0) is 47.9 Å². The molecule has 0 unspecified atom stereocenters. The minimum absolute atomic E-state index is 0.00822. The predicted octanol–water partition coefficient (Wildman–Crippen LogP) is 4.42. The van der Waals surface area contributed by atoms with E-state index in [4.69, 9.17) is 0 Å². The van der Waals surface area contributed by atoms with Gasteiger partial charge in [0.05, 0.1) is 0 Å². The molecular weight excluding hydrogens is 380 g/mol. The van der Waals surface area contributed by atoms with Crippen LogP contribution >= 0.6 is 0 Å². The maximum Gasteiger partial charge on any atom is 0.323 e. The average Bonchev–Trinajstić information content (AvgIpc) is 2.74. The molecule has 7 heteroatoms. The molecule has 1 aromatic heterocycles. The lowest BCUT2D eigenvalue weighted by Crippen LogP contribution is -2.23. The van der Waals surface area contributed by atoms with Gasteiger partial charge in [0, 0.05) is 22.6 Å². The fourth-order valence-electron chi connectivity index (χ4n) is 3.00. The summed E-state index contributed by atoms with van der Waals surface area (Å²) in [7, 11) is 0. The van der Waals surface area contributed by atoms with E-state index in [9.17, 15) is 14.4 Å².